The number of aryl methyl sites for hydroxylation is 2. The predicted molar refractivity (Wildman–Crippen MR) is 178 cm³/mol. The molecule has 0 radical (unpaired) electrons. The summed E-state index contributed by atoms with van der Waals surface area (Å²) in [5.41, 5.74) is 7.68. The van der Waals surface area contributed by atoms with Crippen molar-refractivity contribution in [3.05, 3.63) is 92.5 Å². The van der Waals surface area contributed by atoms with E-state index in [1.54, 1.807) is 0 Å². The summed E-state index contributed by atoms with van der Waals surface area (Å²) in [6.07, 6.45) is 4.72. The van der Waals surface area contributed by atoms with Crippen molar-refractivity contribution in [2.24, 2.45) is 0 Å². The van der Waals surface area contributed by atoms with Crippen molar-refractivity contribution in [3.8, 4) is 11.4 Å². The van der Waals surface area contributed by atoms with Gasteiger partial charge in [0.1, 0.15) is 0 Å². The SMILES string of the molecule is Cc1nn(-c2ccc(Cl)cc2)c(C)c1C(CN(C)C1CC1)C(=O)C(CN(C)C1CC1)c1c(C)nn(-c2ccc(Cl)cc2)c1C. The number of Topliss-reactive ketones (excluding diaryl/α,β-unsaturated/α-hetero) is 1. The zero-order chi connectivity index (χ0) is 31.3. The summed E-state index contributed by atoms with van der Waals surface area (Å²) >= 11 is 12.4. The second kappa shape index (κ2) is 12.4. The van der Waals surface area contributed by atoms with Crippen molar-refractivity contribution in [2.45, 2.75) is 77.3 Å². The van der Waals surface area contributed by atoms with Gasteiger partial charge in [-0.2, -0.15) is 10.2 Å². The molecule has 0 amide bonds. The zero-order valence-electron chi connectivity index (χ0n) is 26.5. The van der Waals surface area contributed by atoms with Gasteiger partial charge in [-0.25, -0.2) is 9.36 Å². The number of benzene rings is 2. The highest BCUT2D eigenvalue weighted by molar-refractivity contribution is 6.30. The molecule has 0 spiro atoms. The van der Waals surface area contributed by atoms with Crippen LogP contribution >= 0.6 is 23.2 Å². The van der Waals surface area contributed by atoms with Crippen LogP contribution in [0.1, 0.15) is 71.4 Å². The maximum absolute atomic E-state index is 15.2. The van der Waals surface area contributed by atoms with Crippen LogP contribution in [0.3, 0.4) is 0 Å². The minimum absolute atomic E-state index is 0.230. The highest BCUT2D eigenvalue weighted by atomic mass is 35.5. The molecule has 0 saturated heterocycles. The maximum atomic E-state index is 15.2. The van der Waals surface area contributed by atoms with E-state index in [0.29, 0.717) is 35.2 Å². The number of hydrogen-bond donors (Lipinski definition) is 0. The first-order chi connectivity index (χ1) is 21.0. The summed E-state index contributed by atoms with van der Waals surface area (Å²) < 4.78 is 3.91. The Morgan fingerprint density at radius 2 is 1.05 bits per heavy atom. The van der Waals surface area contributed by atoms with Crippen molar-refractivity contribution in [2.75, 3.05) is 27.2 Å². The van der Waals surface area contributed by atoms with Crippen molar-refractivity contribution in [1.82, 2.24) is 29.4 Å². The number of carbonyl (C=O) groups is 1. The van der Waals surface area contributed by atoms with Gasteiger partial charge < -0.3 is 9.80 Å². The molecule has 2 saturated carbocycles. The molecular formula is C35H42Cl2N6O. The van der Waals surface area contributed by atoms with Crippen LogP contribution in [0.15, 0.2) is 48.5 Å². The molecule has 2 aromatic heterocycles. The number of carbonyl (C=O) groups excluding carboxylic acids is 1. The molecule has 44 heavy (non-hydrogen) atoms. The molecule has 9 heteroatoms. The molecule has 0 aliphatic heterocycles. The van der Waals surface area contributed by atoms with E-state index >= 15 is 4.79 Å². The van der Waals surface area contributed by atoms with Gasteiger partial charge in [0, 0.05) is 57.7 Å². The van der Waals surface area contributed by atoms with Crippen LogP contribution in [0, 0.1) is 27.7 Å². The topological polar surface area (TPSA) is 59.2 Å². The Morgan fingerprint density at radius 1 is 0.705 bits per heavy atom. The van der Waals surface area contributed by atoms with E-state index in [1.165, 1.54) is 25.7 Å². The maximum Gasteiger partial charge on any atom is 0.150 e. The average Bonchev–Trinajstić information content (AvgIpc) is 3.92. The van der Waals surface area contributed by atoms with Gasteiger partial charge in [0.25, 0.3) is 0 Å². The number of ketones is 1. The van der Waals surface area contributed by atoms with E-state index in [2.05, 4.69) is 37.7 Å². The van der Waals surface area contributed by atoms with Crippen LogP contribution in [0.4, 0.5) is 0 Å². The second-order valence-corrected chi connectivity index (χ2v) is 13.7. The van der Waals surface area contributed by atoms with Crippen LogP contribution in [0.5, 0.6) is 0 Å². The van der Waals surface area contributed by atoms with E-state index in [4.69, 9.17) is 33.4 Å². The number of hydrogen-bond acceptors (Lipinski definition) is 5. The van der Waals surface area contributed by atoms with Gasteiger partial charge in [-0.15, -0.1) is 0 Å². The first-order valence-electron chi connectivity index (χ1n) is 15.6. The average molecular weight is 634 g/mol. The lowest BCUT2D eigenvalue weighted by Crippen LogP contribution is -2.38. The number of nitrogens with zero attached hydrogens (tertiary/aromatic N) is 6. The van der Waals surface area contributed by atoms with Gasteiger partial charge in [-0.3, -0.25) is 4.79 Å². The standard InChI is InChI=1S/C35H42Cl2N6O/c1-21-33(23(3)42(38-21)29-11-7-25(36)8-12-29)31(19-40(5)27-15-16-27)35(44)32(20-41(6)28-17-18-28)34-22(2)39-43(24(34)4)30-13-9-26(37)10-14-30/h7-14,27-28,31-32H,15-20H2,1-6H3. The molecule has 0 N–H and O–H groups in total. The molecule has 2 fully saturated rings. The third-order valence-corrected chi connectivity index (χ3v) is 10.0. The molecule has 2 unspecified atom stereocenters. The van der Waals surface area contributed by atoms with E-state index in [9.17, 15) is 0 Å². The fourth-order valence-electron chi connectivity index (χ4n) is 6.78. The molecule has 2 atom stereocenters. The van der Waals surface area contributed by atoms with Crippen LogP contribution in [-0.4, -0.2) is 74.4 Å². The number of rotatable bonds is 12. The molecule has 0 bridgehead atoms. The summed E-state index contributed by atoms with van der Waals surface area (Å²) in [7, 11) is 4.32. The van der Waals surface area contributed by atoms with Gasteiger partial charge in [-0.05, 0) is 116 Å². The van der Waals surface area contributed by atoms with E-state index < -0.39 is 0 Å². The Hall–Kier alpha value is -2.97. The molecule has 2 heterocycles. The number of halogens is 2. The monoisotopic (exact) mass is 632 g/mol. The fourth-order valence-corrected chi connectivity index (χ4v) is 7.03. The molecule has 4 aromatic rings. The first kappa shape index (κ1) is 31.0. The lowest BCUT2D eigenvalue weighted by atomic mass is 9.81. The van der Waals surface area contributed by atoms with Crippen molar-refractivity contribution in [1.29, 1.82) is 0 Å². The molecule has 7 nitrogen and oxygen atoms in total. The second-order valence-electron chi connectivity index (χ2n) is 12.8. The Kier molecular flexibility index (Phi) is 8.77. The lowest BCUT2D eigenvalue weighted by Gasteiger charge is -2.30. The normalized spacial score (nSPS) is 16.6. The molecular weight excluding hydrogens is 591 g/mol. The van der Waals surface area contributed by atoms with Crippen molar-refractivity contribution in [3.63, 3.8) is 0 Å². The minimum Gasteiger partial charge on any atom is -0.302 e. The van der Waals surface area contributed by atoms with E-state index in [1.807, 2.05) is 71.7 Å². The number of aromatic nitrogens is 4. The van der Waals surface area contributed by atoms with Gasteiger partial charge >= 0.3 is 0 Å². The lowest BCUT2D eigenvalue weighted by molar-refractivity contribution is -0.122. The van der Waals surface area contributed by atoms with Gasteiger partial charge in [0.2, 0.25) is 0 Å². The third-order valence-electron chi connectivity index (χ3n) is 9.50. The Balaban J connectivity index is 1.44. The van der Waals surface area contributed by atoms with Gasteiger partial charge in [-0.1, -0.05) is 23.2 Å². The Labute approximate surface area is 270 Å². The van der Waals surface area contributed by atoms with E-state index in [0.717, 1.165) is 45.3 Å². The molecule has 6 rings (SSSR count). The van der Waals surface area contributed by atoms with E-state index in [-0.39, 0.29) is 17.6 Å². The quantitative estimate of drug-likeness (QED) is 0.165. The highest BCUT2D eigenvalue weighted by Crippen LogP contribution is 2.38. The molecule has 2 aliphatic carbocycles. The third kappa shape index (κ3) is 6.25. The predicted octanol–water partition coefficient (Wildman–Crippen LogP) is 7.22. The molecule has 2 aromatic carbocycles. The summed E-state index contributed by atoms with van der Waals surface area (Å²) in [5, 5.41) is 11.3. The molecule has 232 valence electrons. The smallest absolute Gasteiger partial charge is 0.150 e. The minimum atomic E-state index is -0.336. The first-order valence-corrected chi connectivity index (χ1v) is 16.4. The summed E-state index contributed by atoms with van der Waals surface area (Å²) in [5.74, 6) is -0.442. The zero-order valence-corrected chi connectivity index (χ0v) is 28.0. The fraction of sp³-hybridized carbons (Fsp3) is 0.457. The summed E-state index contributed by atoms with van der Waals surface area (Å²) in [6.45, 7) is 9.55. The van der Waals surface area contributed by atoms with Crippen molar-refractivity contribution < 1.29 is 4.79 Å². The van der Waals surface area contributed by atoms with Crippen molar-refractivity contribution >= 4 is 29.0 Å². The van der Waals surface area contributed by atoms with Crippen LogP contribution in [0.25, 0.3) is 11.4 Å². The van der Waals surface area contributed by atoms with Gasteiger partial charge in [0.05, 0.1) is 34.6 Å². The Bertz CT molecular complexity index is 1530. The summed E-state index contributed by atoms with van der Waals surface area (Å²) in [6, 6.07) is 16.5. The molecule has 2 aliphatic rings. The van der Waals surface area contributed by atoms with Crippen LogP contribution in [-0.2, 0) is 4.79 Å². The number of likely N-dealkylation sites (N-methyl/N-ethyl adjacent to an activating group) is 2. The van der Waals surface area contributed by atoms with Gasteiger partial charge in [0.15, 0.2) is 5.78 Å². The largest absolute Gasteiger partial charge is 0.302 e. The van der Waals surface area contributed by atoms with Crippen LogP contribution in [0.2, 0.25) is 10.0 Å². The van der Waals surface area contributed by atoms with Crippen LogP contribution < -0.4 is 0 Å². The Morgan fingerprint density at radius 3 is 1.36 bits per heavy atom. The summed E-state index contributed by atoms with van der Waals surface area (Å²) in [4.78, 5) is 20.0. The highest BCUT2D eigenvalue weighted by Gasteiger charge is 2.40.